The minimum absolute atomic E-state index is 0. The number of para-hydroxylation sites is 3. The van der Waals surface area contributed by atoms with E-state index in [0.29, 0.717) is 0 Å². The average molecular weight is 973 g/mol. The maximum Gasteiger partial charge on any atom is 0.140 e. The molecule has 0 aliphatic heterocycles. The molecule has 0 amide bonds. The number of aryl methyl sites for hydroxylation is 1. The van der Waals surface area contributed by atoms with Gasteiger partial charge < -0.3 is 18.4 Å². The molecule has 301 valence electrons. The third-order valence-electron chi connectivity index (χ3n) is 11.2. The molecule has 0 saturated heterocycles. The Bertz CT molecular complexity index is 3440. The van der Waals surface area contributed by atoms with Crippen molar-refractivity contribution in [2.24, 2.45) is 0 Å². The van der Waals surface area contributed by atoms with Gasteiger partial charge in [0, 0.05) is 57.8 Å². The van der Waals surface area contributed by atoms with E-state index >= 15 is 0 Å². The van der Waals surface area contributed by atoms with Crippen LogP contribution in [0.1, 0.15) is 60.3 Å². The molecular formula is C55H43IrN3O2-2. The first-order valence-corrected chi connectivity index (χ1v) is 20.4. The van der Waals surface area contributed by atoms with Gasteiger partial charge in [0.1, 0.15) is 16.7 Å². The van der Waals surface area contributed by atoms with Crippen molar-refractivity contribution in [3.05, 3.63) is 187 Å². The Morgan fingerprint density at radius 1 is 0.623 bits per heavy atom. The second-order valence-corrected chi connectivity index (χ2v) is 15.8. The van der Waals surface area contributed by atoms with Gasteiger partial charge in [0.25, 0.3) is 0 Å². The van der Waals surface area contributed by atoms with Crippen LogP contribution in [0, 0.1) is 19.0 Å². The van der Waals surface area contributed by atoms with Crippen LogP contribution in [0.2, 0.25) is 0 Å². The van der Waals surface area contributed by atoms with Gasteiger partial charge in [-0.3, -0.25) is 4.98 Å². The Hall–Kier alpha value is -6.59. The van der Waals surface area contributed by atoms with Crippen molar-refractivity contribution in [2.75, 3.05) is 0 Å². The summed E-state index contributed by atoms with van der Waals surface area (Å²) in [6, 6.07) is 57.4. The normalized spacial score (nSPS) is 12.5. The SMILES string of the molecule is CC(C)c1cc2c(oc3cc(-c4ccccc4)ccc32)c(C(C)C)c1-n1c(-c2[c-]ccc3c2oc2ccccc23)nc2ccccc21.[2H]C([2H])([2H])c1ccc(-c2[c-]cccc2)nc1.[Ir]. The second kappa shape index (κ2) is 16.5. The molecule has 4 aromatic heterocycles. The molecule has 7 aromatic carbocycles. The Morgan fingerprint density at radius 2 is 1.39 bits per heavy atom. The van der Waals surface area contributed by atoms with Crippen LogP contribution in [0.15, 0.2) is 167 Å². The van der Waals surface area contributed by atoms with Crippen molar-refractivity contribution in [1.29, 1.82) is 0 Å². The van der Waals surface area contributed by atoms with Crippen LogP contribution < -0.4 is 0 Å². The van der Waals surface area contributed by atoms with Gasteiger partial charge in [0.05, 0.1) is 22.4 Å². The fourth-order valence-corrected chi connectivity index (χ4v) is 8.36. The van der Waals surface area contributed by atoms with Crippen LogP contribution in [0.25, 0.3) is 94.4 Å². The standard InChI is InChI=1S/C43H33N2O2.C12H10N.Ir/c1-25(2)33-24-34-30-22-21-28(27-13-6-5-7-14-27)23-38(30)47-42(34)39(26(3)4)40(33)45-36-19-10-9-18-35(36)44-43(45)32-17-12-16-31-29-15-8-11-20-37(29)46-41(31)32;1-10-7-8-12(13-9-10)11-5-3-2-4-6-11;/h5-16,18-26H,1-4H3;2-5,7-9H,1H3;/q2*-1;/i;1D3;. The average Bonchev–Trinajstić information content (AvgIpc) is 4.00. The molecule has 0 aliphatic carbocycles. The summed E-state index contributed by atoms with van der Waals surface area (Å²) < 4.78 is 37.5. The Morgan fingerprint density at radius 3 is 2.16 bits per heavy atom. The Balaban J connectivity index is 0.000000258. The van der Waals surface area contributed by atoms with E-state index in [-0.39, 0.29) is 37.5 Å². The number of benzene rings is 7. The van der Waals surface area contributed by atoms with E-state index in [1.165, 1.54) is 22.9 Å². The zero-order chi connectivity index (χ0) is 43.4. The van der Waals surface area contributed by atoms with Gasteiger partial charge in [0.2, 0.25) is 0 Å². The molecule has 11 aromatic rings. The zero-order valence-electron chi connectivity index (χ0n) is 37.2. The fraction of sp³-hybridized carbons (Fsp3) is 0.127. The summed E-state index contributed by atoms with van der Waals surface area (Å²) in [6.45, 7) is 6.97. The van der Waals surface area contributed by atoms with Crippen LogP contribution in [0.4, 0.5) is 0 Å². The summed E-state index contributed by atoms with van der Waals surface area (Å²) in [5.41, 5.74) is 14.0. The number of pyridine rings is 1. The summed E-state index contributed by atoms with van der Waals surface area (Å²) in [7, 11) is 0. The van der Waals surface area contributed by atoms with E-state index in [0.717, 1.165) is 88.8 Å². The van der Waals surface area contributed by atoms with Crippen molar-refractivity contribution < 1.29 is 33.1 Å². The molecule has 11 rings (SSSR count). The molecule has 0 N–H and O–H groups in total. The minimum Gasteiger partial charge on any atom is -0.501 e. The van der Waals surface area contributed by atoms with Crippen LogP contribution in [0.5, 0.6) is 0 Å². The molecule has 61 heavy (non-hydrogen) atoms. The van der Waals surface area contributed by atoms with Gasteiger partial charge >= 0.3 is 0 Å². The van der Waals surface area contributed by atoms with Crippen molar-refractivity contribution in [3.8, 4) is 39.5 Å². The molecule has 1 radical (unpaired) electrons. The first-order valence-electron chi connectivity index (χ1n) is 21.9. The number of hydrogen-bond donors (Lipinski definition) is 0. The maximum absolute atomic E-state index is 7.23. The second-order valence-electron chi connectivity index (χ2n) is 15.8. The van der Waals surface area contributed by atoms with Gasteiger partial charge in [-0.15, -0.1) is 54.1 Å². The number of hydrogen-bond acceptors (Lipinski definition) is 4. The molecule has 4 heterocycles. The summed E-state index contributed by atoms with van der Waals surface area (Å²) in [5, 5.41) is 4.42. The monoisotopic (exact) mass is 973 g/mol. The molecule has 0 aliphatic rings. The third-order valence-corrected chi connectivity index (χ3v) is 11.2. The zero-order valence-corrected chi connectivity index (χ0v) is 36.6. The maximum atomic E-state index is 7.23. The van der Waals surface area contributed by atoms with Crippen LogP contribution in [-0.4, -0.2) is 14.5 Å². The summed E-state index contributed by atoms with van der Waals surface area (Å²) >= 11 is 0. The molecular weight excluding hydrogens is 927 g/mol. The van der Waals surface area contributed by atoms with Gasteiger partial charge in [0.15, 0.2) is 0 Å². The first-order chi connectivity index (χ1) is 30.5. The molecule has 5 nitrogen and oxygen atoms in total. The van der Waals surface area contributed by atoms with Crippen molar-refractivity contribution in [2.45, 2.75) is 46.4 Å². The van der Waals surface area contributed by atoms with E-state index in [2.05, 4.69) is 140 Å². The minimum atomic E-state index is -2.09. The fourth-order valence-electron chi connectivity index (χ4n) is 8.36. The van der Waals surface area contributed by atoms with Crippen LogP contribution in [-0.2, 0) is 20.1 Å². The smallest absolute Gasteiger partial charge is 0.140 e. The largest absolute Gasteiger partial charge is 0.501 e. The van der Waals surface area contributed by atoms with Crippen molar-refractivity contribution in [3.63, 3.8) is 0 Å². The number of fused-ring (bicyclic) bond motifs is 7. The van der Waals surface area contributed by atoms with Crippen LogP contribution >= 0.6 is 0 Å². The number of aromatic nitrogens is 3. The summed E-state index contributed by atoms with van der Waals surface area (Å²) in [4.78, 5) is 9.41. The molecule has 0 fully saturated rings. The van der Waals surface area contributed by atoms with Gasteiger partial charge in [-0.1, -0.05) is 118 Å². The van der Waals surface area contributed by atoms with Crippen LogP contribution in [0.3, 0.4) is 0 Å². The Kier molecular flexibility index (Phi) is 9.79. The quantitative estimate of drug-likeness (QED) is 0.156. The van der Waals surface area contributed by atoms with Gasteiger partial charge in [-0.05, 0) is 83.0 Å². The molecule has 0 bridgehead atoms. The number of furan rings is 2. The summed E-state index contributed by atoms with van der Waals surface area (Å²) in [5.74, 6) is 1.21. The van der Waals surface area contributed by atoms with Crippen molar-refractivity contribution in [1.82, 2.24) is 14.5 Å². The molecule has 6 heteroatoms. The Labute approximate surface area is 373 Å². The summed E-state index contributed by atoms with van der Waals surface area (Å²) in [6.07, 6.45) is 1.39. The third kappa shape index (κ3) is 7.16. The first kappa shape index (κ1) is 36.3. The van der Waals surface area contributed by atoms with Gasteiger partial charge in [-0.25, -0.2) is 0 Å². The van der Waals surface area contributed by atoms with E-state index in [1.807, 2.05) is 42.5 Å². The van der Waals surface area contributed by atoms with E-state index in [4.69, 9.17) is 17.9 Å². The predicted molar refractivity (Wildman–Crippen MR) is 247 cm³/mol. The number of rotatable bonds is 6. The van der Waals surface area contributed by atoms with E-state index in [9.17, 15) is 0 Å². The molecule has 0 spiro atoms. The topological polar surface area (TPSA) is 57.0 Å². The van der Waals surface area contributed by atoms with Crippen molar-refractivity contribution >= 4 is 54.9 Å². The molecule has 0 unspecified atom stereocenters. The van der Waals surface area contributed by atoms with E-state index in [1.54, 1.807) is 18.2 Å². The molecule has 0 atom stereocenters. The molecule has 0 saturated carbocycles. The van der Waals surface area contributed by atoms with Gasteiger partial charge in [-0.2, -0.15) is 0 Å². The number of imidazole rings is 1. The predicted octanol–water partition coefficient (Wildman–Crippen LogP) is 15.1. The number of nitrogens with zero attached hydrogens (tertiary/aromatic N) is 3. The van der Waals surface area contributed by atoms with E-state index < -0.39 is 6.85 Å².